The van der Waals surface area contributed by atoms with E-state index in [0.717, 1.165) is 31.4 Å². The lowest BCUT2D eigenvalue weighted by Gasteiger charge is -2.31. The lowest BCUT2D eigenvalue weighted by Crippen LogP contribution is -2.42. The first-order valence-corrected chi connectivity index (χ1v) is 10.7. The van der Waals surface area contributed by atoms with Gasteiger partial charge >= 0.3 is 6.09 Å². The predicted octanol–water partition coefficient (Wildman–Crippen LogP) is 4.51. The minimum Gasteiger partial charge on any atom is -0.494 e. The Morgan fingerprint density at radius 1 is 1.00 bits per heavy atom. The average molecular weight is 411 g/mol. The van der Waals surface area contributed by atoms with Gasteiger partial charge in [0.05, 0.1) is 6.61 Å². The molecule has 1 fully saturated rings. The van der Waals surface area contributed by atoms with E-state index in [9.17, 15) is 9.59 Å². The van der Waals surface area contributed by atoms with Crippen molar-refractivity contribution in [2.24, 2.45) is 5.92 Å². The van der Waals surface area contributed by atoms with Crippen molar-refractivity contribution in [3.05, 3.63) is 60.2 Å². The van der Waals surface area contributed by atoms with E-state index in [0.29, 0.717) is 43.5 Å². The molecule has 0 radical (unpaired) electrons. The number of carbonyl (C=O) groups is 2. The maximum Gasteiger partial charge on any atom is 0.415 e. The third-order valence-corrected chi connectivity index (χ3v) is 5.26. The maximum absolute atomic E-state index is 12.4. The van der Waals surface area contributed by atoms with Crippen molar-refractivity contribution in [1.29, 1.82) is 0 Å². The minimum atomic E-state index is -0.315. The highest BCUT2D eigenvalue weighted by molar-refractivity contribution is 5.94. The van der Waals surface area contributed by atoms with Crippen LogP contribution in [0.2, 0.25) is 0 Å². The summed E-state index contributed by atoms with van der Waals surface area (Å²) >= 11 is 0. The normalized spacial score (nSPS) is 14.2. The molecule has 0 unspecified atom stereocenters. The predicted molar refractivity (Wildman–Crippen MR) is 116 cm³/mol. The highest BCUT2D eigenvalue weighted by Crippen LogP contribution is 2.19. The summed E-state index contributed by atoms with van der Waals surface area (Å²) in [6.07, 6.45) is 3.48. The molecule has 6 nitrogen and oxygen atoms in total. The van der Waals surface area contributed by atoms with Crippen LogP contribution in [0.4, 0.5) is 4.79 Å². The van der Waals surface area contributed by atoms with Gasteiger partial charge in [-0.15, -0.1) is 0 Å². The molecule has 2 aromatic rings. The van der Waals surface area contributed by atoms with Crippen LogP contribution in [0.25, 0.3) is 0 Å². The molecule has 1 aliphatic heterocycles. The molecule has 0 atom stereocenters. The van der Waals surface area contributed by atoms with Gasteiger partial charge in [0.25, 0.3) is 5.91 Å². The first-order chi connectivity index (χ1) is 14.7. The Morgan fingerprint density at radius 3 is 2.37 bits per heavy atom. The number of rotatable bonds is 8. The zero-order chi connectivity index (χ0) is 21.2. The number of carbonyl (C=O) groups excluding carboxylic acids is 2. The molecule has 160 valence electrons. The number of benzene rings is 2. The van der Waals surface area contributed by atoms with Gasteiger partial charge in [0, 0.05) is 25.2 Å². The summed E-state index contributed by atoms with van der Waals surface area (Å²) in [5.74, 6) is 1.61. The van der Waals surface area contributed by atoms with Crippen molar-refractivity contribution >= 4 is 12.0 Å². The number of amides is 2. The summed E-state index contributed by atoms with van der Waals surface area (Å²) in [6.45, 7) is 4.69. The third kappa shape index (κ3) is 6.51. The van der Waals surface area contributed by atoms with Crippen LogP contribution in [0, 0.1) is 5.92 Å². The first-order valence-electron chi connectivity index (χ1n) is 10.7. The van der Waals surface area contributed by atoms with Gasteiger partial charge in [-0.2, -0.15) is 0 Å². The average Bonchev–Trinajstić information content (AvgIpc) is 2.79. The van der Waals surface area contributed by atoms with Crippen LogP contribution < -0.4 is 14.8 Å². The van der Waals surface area contributed by atoms with Gasteiger partial charge in [0.2, 0.25) is 0 Å². The molecule has 1 aliphatic rings. The number of piperidine rings is 1. The van der Waals surface area contributed by atoms with Gasteiger partial charge in [-0.1, -0.05) is 31.5 Å². The fraction of sp³-hybridized carbons (Fsp3) is 0.417. The monoisotopic (exact) mass is 410 g/mol. The quantitative estimate of drug-likeness (QED) is 0.651. The van der Waals surface area contributed by atoms with E-state index in [1.807, 2.05) is 30.3 Å². The van der Waals surface area contributed by atoms with Gasteiger partial charge in [-0.05, 0) is 61.6 Å². The van der Waals surface area contributed by atoms with Crippen LogP contribution >= 0.6 is 0 Å². The molecular weight excluding hydrogens is 380 g/mol. The molecule has 30 heavy (non-hydrogen) atoms. The van der Waals surface area contributed by atoms with Crippen LogP contribution in [0.1, 0.15) is 43.0 Å². The standard InChI is InChI=1S/C24H30N2O4/c1-2-3-17-29-21-11-9-20(10-12-21)23(27)25-18-19-13-15-26(16-14-19)24(28)30-22-7-5-4-6-8-22/h4-12,19H,2-3,13-18H2,1H3,(H,25,27). The molecule has 3 rings (SSSR count). The summed E-state index contributed by atoms with van der Waals surface area (Å²) in [6, 6.07) is 16.3. The van der Waals surface area contributed by atoms with Gasteiger partial charge in [-0.3, -0.25) is 4.79 Å². The topological polar surface area (TPSA) is 67.9 Å². The molecule has 1 N–H and O–H groups in total. The number of nitrogens with one attached hydrogen (secondary N) is 1. The summed E-state index contributed by atoms with van der Waals surface area (Å²) in [7, 11) is 0. The Bertz CT molecular complexity index is 800. The summed E-state index contributed by atoms with van der Waals surface area (Å²) in [4.78, 5) is 26.4. The van der Waals surface area contributed by atoms with Crippen LogP contribution in [-0.4, -0.2) is 43.1 Å². The van der Waals surface area contributed by atoms with E-state index in [4.69, 9.17) is 9.47 Å². The Labute approximate surface area is 178 Å². The van der Waals surface area contributed by atoms with E-state index < -0.39 is 0 Å². The van der Waals surface area contributed by atoms with Gasteiger partial charge in [-0.25, -0.2) is 4.79 Å². The lowest BCUT2D eigenvalue weighted by molar-refractivity contribution is 0.0931. The van der Waals surface area contributed by atoms with Gasteiger partial charge < -0.3 is 19.7 Å². The molecule has 1 saturated heterocycles. The van der Waals surface area contributed by atoms with Crippen molar-refractivity contribution in [2.75, 3.05) is 26.2 Å². The molecule has 0 bridgehead atoms. The Hall–Kier alpha value is -3.02. The number of nitrogens with zero attached hydrogens (tertiary/aromatic N) is 1. The summed E-state index contributed by atoms with van der Waals surface area (Å²) in [5.41, 5.74) is 0.627. The van der Waals surface area contributed by atoms with Gasteiger partial charge in [0.1, 0.15) is 11.5 Å². The smallest absolute Gasteiger partial charge is 0.415 e. The van der Waals surface area contributed by atoms with E-state index in [-0.39, 0.29) is 12.0 Å². The third-order valence-electron chi connectivity index (χ3n) is 5.26. The Balaban J connectivity index is 1.37. The second-order valence-corrected chi connectivity index (χ2v) is 7.55. The number of hydrogen-bond donors (Lipinski definition) is 1. The second kappa shape index (κ2) is 11.2. The largest absolute Gasteiger partial charge is 0.494 e. The van der Waals surface area contributed by atoms with Crippen molar-refractivity contribution in [1.82, 2.24) is 10.2 Å². The number of unbranched alkanes of at least 4 members (excludes halogenated alkanes) is 1. The molecule has 2 aromatic carbocycles. The Kier molecular flexibility index (Phi) is 8.12. The van der Waals surface area contributed by atoms with E-state index >= 15 is 0 Å². The van der Waals surface area contributed by atoms with E-state index in [1.165, 1.54) is 0 Å². The van der Waals surface area contributed by atoms with Crippen LogP contribution in [0.3, 0.4) is 0 Å². The lowest BCUT2D eigenvalue weighted by atomic mass is 9.97. The molecule has 6 heteroatoms. The maximum atomic E-state index is 12.4. The number of likely N-dealkylation sites (tertiary alicyclic amines) is 1. The van der Waals surface area contributed by atoms with Crippen LogP contribution in [0.5, 0.6) is 11.5 Å². The summed E-state index contributed by atoms with van der Waals surface area (Å²) in [5, 5.41) is 3.01. The fourth-order valence-electron chi connectivity index (χ4n) is 3.35. The molecule has 2 amide bonds. The van der Waals surface area contributed by atoms with Crippen LogP contribution in [0.15, 0.2) is 54.6 Å². The molecular formula is C24H30N2O4. The van der Waals surface area contributed by atoms with Gasteiger partial charge in [0.15, 0.2) is 0 Å². The van der Waals surface area contributed by atoms with Crippen molar-refractivity contribution in [3.8, 4) is 11.5 Å². The van der Waals surface area contributed by atoms with Crippen LogP contribution in [-0.2, 0) is 0 Å². The molecule has 0 aliphatic carbocycles. The molecule has 0 spiro atoms. The number of ether oxygens (including phenoxy) is 2. The molecule has 0 aromatic heterocycles. The van der Waals surface area contributed by atoms with Crippen molar-refractivity contribution in [2.45, 2.75) is 32.6 Å². The first kappa shape index (κ1) is 21.7. The van der Waals surface area contributed by atoms with Crippen molar-refractivity contribution < 1.29 is 19.1 Å². The summed E-state index contributed by atoms with van der Waals surface area (Å²) < 4.78 is 11.0. The second-order valence-electron chi connectivity index (χ2n) is 7.55. The number of para-hydroxylation sites is 1. The molecule has 1 heterocycles. The Morgan fingerprint density at radius 2 is 1.70 bits per heavy atom. The zero-order valence-corrected chi connectivity index (χ0v) is 17.5. The number of hydrogen-bond acceptors (Lipinski definition) is 4. The highest BCUT2D eigenvalue weighted by Gasteiger charge is 2.24. The van der Waals surface area contributed by atoms with Crippen molar-refractivity contribution in [3.63, 3.8) is 0 Å². The highest BCUT2D eigenvalue weighted by atomic mass is 16.6. The SMILES string of the molecule is CCCCOc1ccc(C(=O)NCC2CCN(C(=O)Oc3ccccc3)CC2)cc1. The fourth-order valence-corrected chi connectivity index (χ4v) is 3.35. The molecule has 0 saturated carbocycles. The zero-order valence-electron chi connectivity index (χ0n) is 17.5. The minimum absolute atomic E-state index is 0.0824. The van der Waals surface area contributed by atoms with E-state index in [1.54, 1.807) is 29.2 Å². The van der Waals surface area contributed by atoms with E-state index in [2.05, 4.69) is 12.2 Å².